The Kier molecular flexibility index (Phi) is 2.67. The molecule has 0 fully saturated rings. The maximum atomic E-state index is 3.75. The molecule has 0 N–H and O–H groups in total. The van der Waals surface area contributed by atoms with E-state index in [4.69, 9.17) is 0 Å². The normalized spacial score (nSPS) is 16.4. The van der Waals surface area contributed by atoms with Crippen molar-refractivity contribution in [3.8, 4) is 0 Å². The molecule has 1 rings (SSSR count). The zero-order valence-corrected chi connectivity index (χ0v) is 6.59. The molecule has 0 bridgehead atoms. The molecule has 0 radical (unpaired) electrons. The number of hydrogen-bond donors (Lipinski definition) is 0. The molecule has 0 aromatic carbocycles. The number of hydrogen-bond acceptors (Lipinski definition) is 0. The molecule has 0 saturated carbocycles. The first-order chi connectivity index (χ1) is 5.38. The third kappa shape index (κ3) is 1.81. The highest BCUT2D eigenvalue weighted by atomic mass is 14.0. The predicted molar refractivity (Wildman–Crippen MR) is 50.3 cm³/mol. The maximum Gasteiger partial charge on any atom is -0.00886 e. The summed E-state index contributed by atoms with van der Waals surface area (Å²) in [7, 11) is 0. The zero-order valence-electron chi connectivity index (χ0n) is 6.59. The van der Waals surface area contributed by atoms with Gasteiger partial charge in [-0.2, -0.15) is 0 Å². The first kappa shape index (κ1) is 7.80. The Morgan fingerprint density at radius 3 is 2.64 bits per heavy atom. The van der Waals surface area contributed by atoms with Crippen LogP contribution in [0.25, 0.3) is 0 Å². The van der Waals surface area contributed by atoms with E-state index in [1.165, 1.54) is 11.1 Å². The van der Waals surface area contributed by atoms with Gasteiger partial charge in [-0.3, -0.25) is 0 Å². The van der Waals surface area contributed by atoms with Crippen LogP contribution in [0.5, 0.6) is 0 Å². The van der Waals surface area contributed by atoms with Gasteiger partial charge in [0, 0.05) is 0 Å². The van der Waals surface area contributed by atoms with Gasteiger partial charge < -0.3 is 0 Å². The minimum atomic E-state index is 0.956. The standard InChI is InChI=1S/C11H12/c1-3-10-8-6-5-7-9-11(10)4-2/h3-8H,1-2,9H2. The topological polar surface area (TPSA) is 0 Å². The van der Waals surface area contributed by atoms with E-state index >= 15 is 0 Å². The molecule has 0 saturated heterocycles. The molecular formula is C11H12. The maximum absolute atomic E-state index is 3.75. The highest BCUT2D eigenvalue weighted by Crippen LogP contribution is 2.15. The van der Waals surface area contributed by atoms with Crippen LogP contribution in [0.2, 0.25) is 0 Å². The van der Waals surface area contributed by atoms with Gasteiger partial charge in [0.1, 0.15) is 0 Å². The average Bonchev–Trinajstić information content (AvgIpc) is 2.27. The minimum absolute atomic E-state index is 0.956. The molecule has 0 atom stereocenters. The van der Waals surface area contributed by atoms with Crippen molar-refractivity contribution in [2.24, 2.45) is 0 Å². The highest BCUT2D eigenvalue weighted by molar-refractivity contribution is 5.43. The number of allylic oxidation sites excluding steroid dienone is 8. The second kappa shape index (κ2) is 3.77. The Morgan fingerprint density at radius 2 is 2.00 bits per heavy atom. The van der Waals surface area contributed by atoms with Crippen LogP contribution >= 0.6 is 0 Å². The molecule has 1 aliphatic carbocycles. The lowest BCUT2D eigenvalue weighted by atomic mass is 10.1. The van der Waals surface area contributed by atoms with E-state index in [2.05, 4.69) is 19.2 Å². The SMILES string of the molecule is C=CC1=C(C=C)CC=CC=C1. The van der Waals surface area contributed by atoms with Gasteiger partial charge >= 0.3 is 0 Å². The molecule has 0 aliphatic heterocycles. The average molecular weight is 144 g/mol. The van der Waals surface area contributed by atoms with Crippen LogP contribution < -0.4 is 0 Å². The van der Waals surface area contributed by atoms with E-state index in [1.807, 2.05) is 30.4 Å². The molecular weight excluding hydrogens is 132 g/mol. The summed E-state index contributed by atoms with van der Waals surface area (Å²) in [5, 5.41) is 0. The van der Waals surface area contributed by atoms with Crippen LogP contribution in [0.4, 0.5) is 0 Å². The fraction of sp³-hybridized carbons (Fsp3) is 0.0909. The molecule has 0 heterocycles. The van der Waals surface area contributed by atoms with Gasteiger partial charge in [0.2, 0.25) is 0 Å². The summed E-state index contributed by atoms with van der Waals surface area (Å²) < 4.78 is 0. The fourth-order valence-electron chi connectivity index (χ4n) is 1.06. The van der Waals surface area contributed by atoms with Crippen molar-refractivity contribution in [2.45, 2.75) is 6.42 Å². The Balaban J connectivity index is 3.02. The van der Waals surface area contributed by atoms with Gasteiger partial charge in [-0.25, -0.2) is 0 Å². The van der Waals surface area contributed by atoms with E-state index in [0.29, 0.717) is 0 Å². The molecule has 0 nitrogen and oxygen atoms in total. The monoisotopic (exact) mass is 144 g/mol. The molecule has 0 unspecified atom stereocenters. The Labute approximate surface area is 67.9 Å². The quantitative estimate of drug-likeness (QED) is 0.558. The molecule has 0 aromatic rings. The van der Waals surface area contributed by atoms with Crippen LogP contribution in [0.3, 0.4) is 0 Å². The minimum Gasteiger partial charge on any atom is -0.0988 e. The summed E-state index contributed by atoms with van der Waals surface area (Å²) in [5.74, 6) is 0. The first-order valence-corrected chi connectivity index (χ1v) is 3.69. The highest BCUT2D eigenvalue weighted by Gasteiger charge is 1.96. The Hall–Kier alpha value is -1.30. The molecule has 11 heavy (non-hydrogen) atoms. The second-order valence-electron chi connectivity index (χ2n) is 2.38. The molecule has 0 spiro atoms. The van der Waals surface area contributed by atoms with Crippen LogP contribution in [-0.4, -0.2) is 0 Å². The van der Waals surface area contributed by atoms with Crippen molar-refractivity contribution in [1.29, 1.82) is 0 Å². The van der Waals surface area contributed by atoms with Gasteiger partial charge in [0.05, 0.1) is 0 Å². The van der Waals surface area contributed by atoms with E-state index in [-0.39, 0.29) is 0 Å². The molecule has 0 heteroatoms. The Morgan fingerprint density at radius 1 is 1.18 bits per heavy atom. The van der Waals surface area contributed by atoms with Crippen LogP contribution in [0.1, 0.15) is 6.42 Å². The summed E-state index contributed by atoms with van der Waals surface area (Å²) in [4.78, 5) is 0. The van der Waals surface area contributed by atoms with Crippen LogP contribution in [-0.2, 0) is 0 Å². The van der Waals surface area contributed by atoms with Crippen molar-refractivity contribution in [3.63, 3.8) is 0 Å². The van der Waals surface area contributed by atoms with Gasteiger partial charge in [-0.1, -0.05) is 49.6 Å². The molecule has 1 aliphatic rings. The lowest BCUT2D eigenvalue weighted by molar-refractivity contribution is 1.27. The molecule has 0 amide bonds. The lowest BCUT2D eigenvalue weighted by Crippen LogP contribution is -1.79. The van der Waals surface area contributed by atoms with Crippen molar-refractivity contribution in [3.05, 3.63) is 60.8 Å². The summed E-state index contributed by atoms with van der Waals surface area (Å²) >= 11 is 0. The van der Waals surface area contributed by atoms with E-state index < -0.39 is 0 Å². The van der Waals surface area contributed by atoms with Gasteiger partial charge in [0.25, 0.3) is 0 Å². The van der Waals surface area contributed by atoms with E-state index in [9.17, 15) is 0 Å². The van der Waals surface area contributed by atoms with E-state index in [0.717, 1.165) is 6.42 Å². The van der Waals surface area contributed by atoms with Crippen molar-refractivity contribution >= 4 is 0 Å². The van der Waals surface area contributed by atoms with Gasteiger partial charge in [0.15, 0.2) is 0 Å². The summed E-state index contributed by atoms with van der Waals surface area (Å²) in [5.41, 5.74) is 2.41. The third-order valence-electron chi connectivity index (χ3n) is 1.70. The smallest absolute Gasteiger partial charge is 0.00886 e. The molecule has 56 valence electrons. The van der Waals surface area contributed by atoms with Crippen molar-refractivity contribution in [1.82, 2.24) is 0 Å². The summed E-state index contributed by atoms with van der Waals surface area (Å²) in [6.45, 7) is 7.49. The van der Waals surface area contributed by atoms with Crippen molar-refractivity contribution in [2.75, 3.05) is 0 Å². The first-order valence-electron chi connectivity index (χ1n) is 3.69. The lowest BCUT2D eigenvalue weighted by Gasteiger charge is -1.99. The summed E-state index contributed by atoms with van der Waals surface area (Å²) in [6, 6.07) is 0. The number of rotatable bonds is 2. The summed E-state index contributed by atoms with van der Waals surface area (Å²) in [6.07, 6.45) is 12.9. The van der Waals surface area contributed by atoms with Crippen LogP contribution in [0, 0.1) is 0 Å². The largest absolute Gasteiger partial charge is 0.0988 e. The van der Waals surface area contributed by atoms with Crippen LogP contribution in [0.15, 0.2) is 60.8 Å². The van der Waals surface area contributed by atoms with Gasteiger partial charge in [-0.05, 0) is 17.6 Å². The van der Waals surface area contributed by atoms with Gasteiger partial charge in [-0.15, -0.1) is 0 Å². The predicted octanol–water partition coefficient (Wildman–Crippen LogP) is 3.17. The fourth-order valence-corrected chi connectivity index (χ4v) is 1.06. The second-order valence-corrected chi connectivity index (χ2v) is 2.38. The van der Waals surface area contributed by atoms with E-state index in [1.54, 1.807) is 0 Å². The third-order valence-corrected chi connectivity index (χ3v) is 1.70. The zero-order chi connectivity index (χ0) is 8.10. The Bertz CT molecular complexity index is 249. The molecule has 0 aromatic heterocycles. The van der Waals surface area contributed by atoms with Crippen molar-refractivity contribution < 1.29 is 0 Å².